The molecule has 0 unspecified atom stereocenters. The van der Waals surface area contributed by atoms with Crippen molar-refractivity contribution >= 4 is 23.8 Å². The van der Waals surface area contributed by atoms with Crippen LogP contribution in [0.1, 0.15) is 0 Å². The topological polar surface area (TPSA) is 55.4 Å². The molecule has 0 aliphatic carbocycles. The molecule has 43 heavy (non-hydrogen) atoms. The zero-order valence-electron chi connectivity index (χ0n) is 25.2. The molecule has 5 rings (SSSR count). The fraction of sp³-hybridized carbons (Fsp3) is 0.167. The first-order valence-corrected chi connectivity index (χ1v) is 15.0. The molecule has 0 heterocycles. The number of benzene rings is 5. The molecular formula is C36H35O6P. The van der Waals surface area contributed by atoms with E-state index in [1.54, 1.807) is 42.7 Å². The number of hydrogen-bond donors (Lipinski definition) is 0. The summed E-state index contributed by atoms with van der Waals surface area (Å²) in [5.74, 6) is 4.11. The SMILES string of the molecule is COc1cc(OC)c(-c2ccc(P(c3ccccc3)c3ccc(-c4c(OC)cc(OC)cc4OC)cc3)cc2)c(OC)c1. The van der Waals surface area contributed by atoms with E-state index in [4.69, 9.17) is 28.4 Å². The second-order valence-electron chi connectivity index (χ2n) is 9.58. The van der Waals surface area contributed by atoms with Gasteiger partial charge in [0.1, 0.15) is 34.5 Å². The third kappa shape index (κ3) is 6.11. The van der Waals surface area contributed by atoms with Crippen LogP contribution in [0.25, 0.3) is 22.3 Å². The van der Waals surface area contributed by atoms with Gasteiger partial charge < -0.3 is 28.4 Å². The highest BCUT2D eigenvalue weighted by Crippen LogP contribution is 2.44. The van der Waals surface area contributed by atoms with E-state index >= 15 is 0 Å². The second kappa shape index (κ2) is 13.5. The highest BCUT2D eigenvalue weighted by atomic mass is 31.1. The summed E-state index contributed by atoms with van der Waals surface area (Å²) in [6.07, 6.45) is 0. The Bertz CT molecular complexity index is 1510. The van der Waals surface area contributed by atoms with E-state index in [1.165, 1.54) is 15.9 Å². The van der Waals surface area contributed by atoms with Crippen LogP contribution in [0.15, 0.2) is 103 Å². The lowest BCUT2D eigenvalue weighted by atomic mass is 10.0. The summed E-state index contributed by atoms with van der Waals surface area (Å²) in [5.41, 5.74) is 3.76. The first-order chi connectivity index (χ1) is 21.0. The van der Waals surface area contributed by atoms with Crippen LogP contribution in [0.4, 0.5) is 0 Å². The molecule has 7 heteroatoms. The maximum atomic E-state index is 5.71. The lowest BCUT2D eigenvalue weighted by Crippen LogP contribution is -2.20. The highest BCUT2D eigenvalue weighted by Gasteiger charge is 2.21. The minimum absolute atomic E-state index is 0.676. The summed E-state index contributed by atoms with van der Waals surface area (Å²) in [5, 5.41) is 3.71. The zero-order chi connectivity index (χ0) is 30.3. The molecular weight excluding hydrogens is 559 g/mol. The molecule has 0 saturated heterocycles. The minimum Gasteiger partial charge on any atom is -0.496 e. The molecule has 0 N–H and O–H groups in total. The predicted molar refractivity (Wildman–Crippen MR) is 175 cm³/mol. The van der Waals surface area contributed by atoms with Crippen molar-refractivity contribution in [1.82, 2.24) is 0 Å². The maximum absolute atomic E-state index is 5.71. The van der Waals surface area contributed by atoms with Crippen LogP contribution >= 0.6 is 7.92 Å². The molecule has 0 aliphatic heterocycles. The Kier molecular flexibility index (Phi) is 9.38. The van der Waals surface area contributed by atoms with Crippen molar-refractivity contribution in [3.05, 3.63) is 103 Å². The van der Waals surface area contributed by atoms with Crippen molar-refractivity contribution in [2.24, 2.45) is 0 Å². The van der Waals surface area contributed by atoms with Gasteiger partial charge in [-0.25, -0.2) is 0 Å². The molecule has 0 aliphatic rings. The van der Waals surface area contributed by atoms with E-state index in [9.17, 15) is 0 Å². The fourth-order valence-corrected chi connectivity index (χ4v) is 7.42. The van der Waals surface area contributed by atoms with Crippen LogP contribution in [0.2, 0.25) is 0 Å². The number of ether oxygens (including phenoxy) is 6. The van der Waals surface area contributed by atoms with Gasteiger partial charge in [-0.3, -0.25) is 0 Å². The average molecular weight is 595 g/mol. The lowest BCUT2D eigenvalue weighted by Gasteiger charge is -2.21. The Morgan fingerprint density at radius 1 is 0.372 bits per heavy atom. The molecule has 0 spiro atoms. The van der Waals surface area contributed by atoms with E-state index < -0.39 is 7.92 Å². The van der Waals surface area contributed by atoms with Crippen LogP contribution in [0.5, 0.6) is 34.5 Å². The molecule has 220 valence electrons. The maximum Gasteiger partial charge on any atom is 0.134 e. The standard InChI is InChI=1S/C36H35O6P/c1-37-26-20-31(39-3)35(32(21-26)40-4)24-12-16-29(17-13-24)43(28-10-8-7-9-11-28)30-18-14-25(15-19-30)36-33(41-5)22-27(38-2)23-34(36)42-6/h7-23H,1-6H3. The molecule has 6 nitrogen and oxygen atoms in total. The summed E-state index contributed by atoms with van der Waals surface area (Å²) >= 11 is 0. The van der Waals surface area contributed by atoms with Crippen LogP contribution in [0.3, 0.4) is 0 Å². The Morgan fingerprint density at radius 2 is 0.698 bits per heavy atom. The van der Waals surface area contributed by atoms with E-state index in [0.717, 1.165) is 22.3 Å². The molecule has 0 aromatic heterocycles. The molecule has 0 atom stereocenters. The Hall–Kier alpha value is -4.67. The largest absolute Gasteiger partial charge is 0.496 e. The molecule has 0 radical (unpaired) electrons. The van der Waals surface area contributed by atoms with Gasteiger partial charge in [-0.1, -0.05) is 78.9 Å². The Balaban J connectivity index is 1.56. The monoisotopic (exact) mass is 594 g/mol. The van der Waals surface area contributed by atoms with E-state index in [-0.39, 0.29) is 0 Å². The quantitative estimate of drug-likeness (QED) is 0.156. The fourth-order valence-electron chi connectivity index (χ4n) is 5.16. The van der Waals surface area contributed by atoms with Crippen molar-refractivity contribution < 1.29 is 28.4 Å². The highest BCUT2D eigenvalue weighted by molar-refractivity contribution is 7.79. The van der Waals surface area contributed by atoms with Crippen molar-refractivity contribution in [2.75, 3.05) is 42.7 Å². The van der Waals surface area contributed by atoms with Crippen LogP contribution in [-0.4, -0.2) is 42.7 Å². The first-order valence-electron chi connectivity index (χ1n) is 13.7. The molecule has 0 bridgehead atoms. The van der Waals surface area contributed by atoms with Gasteiger partial charge >= 0.3 is 0 Å². The summed E-state index contributed by atoms with van der Waals surface area (Å²) in [6, 6.07) is 35.4. The van der Waals surface area contributed by atoms with Gasteiger partial charge in [0.25, 0.3) is 0 Å². The van der Waals surface area contributed by atoms with Crippen molar-refractivity contribution in [2.45, 2.75) is 0 Å². The number of rotatable bonds is 11. The summed E-state index contributed by atoms with van der Waals surface area (Å²) in [7, 11) is 9.04. The first kappa shape index (κ1) is 29.8. The van der Waals surface area contributed by atoms with E-state index in [1.807, 2.05) is 30.3 Å². The minimum atomic E-state index is -0.834. The number of hydrogen-bond acceptors (Lipinski definition) is 6. The summed E-state index contributed by atoms with van der Waals surface area (Å²) in [6.45, 7) is 0. The van der Waals surface area contributed by atoms with Gasteiger partial charge in [0, 0.05) is 24.3 Å². The van der Waals surface area contributed by atoms with Gasteiger partial charge in [-0.05, 0) is 35.0 Å². The summed E-state index contributed by atoms with van der Waals surface area (Å²) in [4.78, 5) is 0. The van der Waals surface area contributed by atoms with Crippen LogP contribution in [-0.2, 0) is 0 Å². The smallest absolute Gasteiger partial charge is 0.134 e. The van der Waals surface area contributed by atoms with Crippen LogP contribution in [0, 0.1) is 0 Å². The van der Waals surface area contributed by atoms with Crippen molar-refractivity contribution in [3.8, 4) is 56.8 Å². The van der Waals surface area contributed by atoms with Crippen LogP contribution < -0.4 is 44.3 Å². The predicted octanol–water partition coefficient (Wildman–Crippen LogP) is 6.83. The Morgan fingerprint density at radius 3 is 1.00 bits per heavy atom. The lowest BCUT2D eigenvalue weighted by molar-refractivity contribution is 0.377. The third-order valence-corrected chi connectivity index (χ3v) is 9.72. The molecule has 0 fully saturated rings. The van der Waals surface area contributed by atoms with Crippen molar-refractivity contribution in [3.63, 3.8) is 0 Å². The zero-order valence-corrected chi connectivity index (χ0v) is 26.1. The Labute approximate surface area is 254 Å². The van der Waals surface area contributed by atoms with Gasteiger partial charge in [0.15, 0.2) is 0 Å². The van der Waals surface area contributed by atoms with E-state index in [0.29, 0.717) is 34.5 Å². The van der Waals surface area contributed by atoms with Gasteiger partial charge in [0.05, 0.1) is 53.8 Å². The van der Waals surface area contributed by atoms with Crippen molar-refractivity contribution in [1.29, 1.82) is 0 Å². The third-order valence-electron chi connectivity index (χ3n) is 7.27. The molecule has 5 aromatic carbocycles. The van der Waals surface area contributed by atoms with E-state index in [2.05, 4.69) is 72.8 Å². The molecule has 5 aromatic rings. The average Bonchev–Trinajstić information content (AvgIpc) is 3.08. The number of methoxy groups -OCH3 is 6. The molecule has 0 saturated carbocycles. The van der Waals surface area contributed by atoms with Gasteiger partial charge in [-0.2, -0.15) is 0 Å². The second-order valence-corrected chi connectivity index (χ2v) is 11.8. The molecule has 0 amide bonds. The van der Waals surface area contributed by atoms with Gasteiger partial charge in [-0.15, -0.1) is 0 Å². The van der Waals surface area contributed by atoms with Gasteiger partial charge in [0.2, 0.25) is 0 Å². The normalized spacial score (nSPS) is 10.8. The summed E-state index contributed by atoms with van der Waals surface area (Å²) < 4.78 is 33.7.